The zero-order valence-electron chi connectivity index (χ0n) is 14.1. The maximum Gasteiger partial charge on any atom is 0.277 e. The van der Waals surface area contributed by atoms with Crippen LogP contribution in [-0.2, 0) is 6.42 Å². The highest BCUT2D eigenvalue weighted by Gasteiger charge is 2.15. The van der Waals surface area contributed by atoms with Gasteiger partial charge >= 0.3 is 0 Å². The van der Waals surface area contributed by atoms with Gasteiger partial charge in [-0.15, -0.1) is 10.2 Å². The largest absolute Gasteiger partial charge is 0.496 e. The van der Waals surface area contributed by atoms with Gasteiger partial charge in [0.05, 0.1) is 18.4 Å². The van der Waals surface area contributed by atoms with Crippen LogP contribution in [0.1, 0.15) is 22.8 Å². The monoisotopic (exact) mass is 354 g/mol. The van der Waals surface area contributed by atoms with Crippen molar-refractivity contribution >= 4 is 17.5 Å². The number of methoxy groups -OCH3 is 1. The van der Waals surface area contributed by atoms with Crippen LogP contribution in [0.15, 0.2) is 58.2 Å². The second kappa shape index (κ2) is 7.98. The fourth-order valence-electron chi connectivity index (χ4n) is 2.34. The topological polar surface area (TPSA) is 65.2 Å². The quantitative estimate of drug-likeness (QED) is 0.466. The van der Waals surface area contributed by atoms with Crippen molar-refractivity contribution in [2.24, 2.45) is 0 Å². The third-order valence-electron chi connectivity index (χ3n) is 3.75. The number of rotatable bonds is 7. The molecule has 0 unspecified atom stereocenters. The van der Waals surface area contributed by atoms with E-state index in [4.69, 9.17) is 9.15 Å². The lowest BCUT2D eigenvalue weighted by Crippen LogP contribution is -2.02. The Kier molecular flexibility index (Phi) is 5.50. The van der Waals surface area contributed by atoms with Gasteiger partial charge in [-0.05, 0) is 24.1 Å². The van der Waals surface area contributed by atoms with E-state index in [-0.39, 0.29) is 11.5 Å². The number of hydrogen-bond acceptors (Lipinski definition) is 6. The van der Waals surface area contributed by atoms with Crippen LogP contribution in [0.25, 0.3) is 11.5 Å². The molecule has 1 aromatic heterocycles. The molecular weight excluding hydrogens is 336 g/mol. The van der Waals surface area contributed by atoms with Crippen molar-refractivity contribution in [3.8, 4) is 17.2 Å². The van der Waals surface area contributed by atoms with Crippen molar-refractivity contribution in [2.75, 3.05) is 12.9 Å². The molecule has 0 saturated carbocycles. The first-order valence-corrected chi connectivity index (χ1v) is 8.91. The highest BCUT2D eigenvalue weighted by Crippen LogP contribution is 2.30. The molecule has 128 valence electrons. The molecule has 0 aliphatic heterocycles. The molecule has 0 aliphatic carbocycles. The van der Waals surface area contributed by atoms with Crippen LogP contribution in [0.5, 0.6) is 5.75 Å². The van der Waals surface area contributed by atoms with E-state index in [0.29, 0.717) is 22.4 Å². The average molecular weight is 354 g/mol. The van der Waals surface area contributed by atoms with E-state index < -0.39 is 0 Å². The molecule has 0 spiro atoms. The van der Waals surface area contributed by atoms with Crippen LogP contribution in [0.4, 0.5) is 0 Å². The molecule has 1 heterocycles. The van der Waals surface area contributed by atoms with Crippen LogP contribution < -0.4 is 4.74 Å². The van der Waals surface area contributed by atoms with E-state index in [1.807, 2.05) is 48.5 Å². The first-order valence-electron chi connectivity index (χ1n) is 7.93. The van der Waals surface area contributed by atoms with Crippen LogP contribution in [0.3, 0.4) is 0 Å². The molecule has 25 heavy (non-hydrogen) atoms. The second-order valence-corrected chi connectivity index (χ2v) is 6.26. The predicted molar refractivity (Wildman–Crippen MR) is 97.2 cm³/mol. The molecular formula is C19H18N2O3S. The smallest absolute Gasteiger partial charge is 0.277 e. The third kappa shape index (κ3) is 4.09. The Morgan fingerprint density at radius 2 is 1.88 bits per heavy atom. The molecule has 0 atom stereocenters. The number of carbonyl (C=O) groups is 1. The number of carbonyl (C=O) groups excluding carboxylic acids is 1. The zero-order valence-corrected chi connectivity index (χ0v) is 14.9. The number of ketones is 1. The summed E-state index contributed by atoms with van der Waals surface area (Å²) in [6, 6.07) is 15.1. The van der Waals surface area contributed by atoms with Crippen LogP contribution in [-0.4, -0.2) is 28.8 Å². The Labute approximate surface area is 150 Å². The maximum absolute atomic E-state index is 12.3. The van der Waals surface area contributed by atoms with Crippen LogP contribution in [0.2, 0.25) is 0 Å². The van der Waals surface area contributed by atoms with Crippen molar-refractivity contribution in [1.82, 2.24) is 10.2 Å². The van der Waals surface area contributed by atoms with Gasteiger partial charge in [-0.1, -0.05) is 55.1 Å². The maximum atomic E-state index is 12.3. The Morgan fingerprint density at radius 1 is 1.12 bits per heavy atom. The predicted octanol–water partition coefficient (Wildman–Crippen LogP) is 4.28. The van der Waals surface area contributed by atoms with E-state index in [1.54, 1.807) is 7.11 Å². The van der Waals surface area contributed by atoms with Crippen molar-refractivity contribution in [3.63, 3.8) is 0 Å². The van der Waals surface area contributed by atoms with E-state index in [9.17, 15) is 4.79 Å². The highest BCUT2D eigenvalue weighted by atomic mass is 32.2. The number of para-hydroxylation sites is 1. The normalized spacial score (nSPS) is 10.6. The molecule has 6 heteroatoms. The number of nitrogens with zero attached hydrogens (tertiary/aromatic N) is 2. The molecule has 5 nitrogen and oxygen atoms in total. The molecule has 0 bridgehead atoms. The van der Waals surface area contributed by atoms with Gasteiger partial charge in [0.15, 0.2) is 5.78 Å². The zero-order chi connectivity index (χ0) is 17.6. The van der Waals surface area contributed by atoms with Gasteiger partial charge in [0.25, 0.3) is 11.1 Å². The van der Waals surface area contributed by atoms with E-state index >= 15 is 0 Å². The summed E-state index contributed by atoms with van der Waals surface area (Å²) >= 11 is 1.23. The summed E-state index contributed by atoms with van der Waals surface area (Å²) in [4.78, 5) is 12.3. The van der Waals surface area contributed by atoms with Crippen molar-refractivity contribution in [1.29, 1.82) is 0 Å². The van der Waals surface area contributed by atoms with E-state index in [1.165, 1.54) is 17.3 Å². The summed E-state index contributed by atoms with van der Waals surface area (Å²) in [7, 11) is 1.59. The molecule has 0 amide bonds. The first kappa shape index (κ1) is 17.2. The highest BCUT2D eigenvalue weighted by molar-refractivity contribution is 7.99. The lowest BCUT2D eigenvalue weighted by molar-refractivity contribution is 0.102. The van der Waals surface area contributed by atoms with Gasteiger partial charge in [0.2, 0.25) is 0 Å². The molecule has 0 saturated heterocycles. The Balaban J connectivity index is 1.66. The minimum absolute atomic E-state index is 0.0321. The van der Waals surface area contributed by atoms with Gasteiger partial charge in [0.1, 0.15) is 5.75 Å². The van der Waals surface area contributed by atoms with Crippen molar-refractivity contribution in [2.45, 2.75) is 18.6 Å². The molecule has 0 N–H and O–H groups in total. The fraction of sp³-hybridized carbons (Fsp3) is 0.211. The third-order valence-corrected chi connectivity index (χ3v) is 4.57. The number of aromatic nitrogens is 2. The average Bonchev–Trinajstić information content (AvgIpc) is 3.15. The summed E-state index contributed by atoms with van der Waals surface area (Å²) in [5.41, 5.74) is 2.63. The molecule has 2 aromatic carbocycles. The fourth-order valence-corrected chi connectivity index (χ4v) is 2.99. The molecule has 0 aliphatic rings. The number of benzene rings is 2. The van der Waals surface area contributed by atoms with Gasteiger partial charge in [0, 0.05) is 5.56 Å². The standard InChI is InChI=1S/C19H18N2O3S/c1-3-13-8-10-14(11-9-13)16(22)12-25-19-21-20-18(24-19)15-6-4-5-7-17(15)23-2/h4-11H,3,12H2,1-2H3. The Morgan fingerprint density at radius 3 is 2.60 bits per heavy atom. The van der Waals surface area contributed by atoms with E-state index in [2.05, 4.69) is 17.1 Å². The number of Topliss-reactive ketones (excluding diaryl/α,β-unsaturated/α-hetero) is 1. The second-order valence-electron chi connectivity index (χ2n) is 5.34. The lowest BCUT2D eigenvalue weighted by atomic mass is 10.1. The Hall–Kier alpha value is -2.60. The minimum Gasteiger partial charge on any atom is -0.496 e. The number of thioether (sulfide) groups is 1. The molecule has 0 radical (unpaired) electrons. The summed E-state index contributed by atoms with van der Waals surface area (Å²) in [6.45, 7) is 2.08. The van der Waals surface area contributed by atoms with Crippen LogP contribution in [0, 0.1) is 0 Å². The molecule has 0 fully saturated rings. The van der Waals surface area contributed by atoms with Gasteiger partial charge in [-0.2, -0.15) is 0 Å². The first-order chi connectivity index (χ1) is 12.2. The molecule has 3 rings (SSSR count). The summed E-state index contributed by atoms with van der Waals surface area (Å²) in [5.74, 6) is 1.32. The van der Waals surface area contributed by atoms with Crippen molar-refractivity contribution < 1.29 is 13.9 Å². The van der Waals surface area contributed by atoms with Gasteiger partial charge in [-0.25, -0.2) is 0 Å². The number of aryl methyl sites for hydroxylation is 1. The number of hydrogen-bond donors (Lipinski definition) is 0. The van der Waals surface area contributed by atoms with Gasteiger partial charge in [-0.3, -0.25) is 4.79 Å². The summed E-state index contributed by atoms with van der Waals surface area (Å²) < 4.78 is 10.9. The minimum atomic E-state index is 0.0321. The van der Waals surface area contributed by atoms with Crippen molar-refractivity contribution in [3.05, 3.63) is 59.7 Å². The lowest BCUT2D eigenvalue weighted by Gasteiger charge is -2.03. The summed E-state index contributed by atoms with van der Waals surface area (Å²) in [6.07, 6.45) is 0.955. The van der Waals surface area contributed by atoms with E-state index in [0.717, 1.165) is 12.0 Å². The Bertz CT molecular complexity index is 859. The molecule has 3 aromatic rings. The number of ether oxygens (including phenoxy) is 1. The summed E-state index contributed by atoms with van der Waals surface area (Å²) in [5, 5.41) is 8.40. The van der Waals surface area contributed by atoms with Gasteiger partial charge < -0.3 is 9.15 Å². The van der Waals surface area contributed by atoms with Crippen LogP contribution >= 0.6 is 11.8 Å². The SMILES string of the molecule is CCc1ccc(C(=O)CSc2nnc(-c3ccccc3OC)o2)cc1.